The zero-order chi connectivity index (χ0) is 18.6. The summed E-state index contributed by atoms with van der Waals surface area (Å²) in [6.07, 6.45) is 3.04. The molecule has 0 bridgehead atoms. The van der Waals surface area contributed by atoms with E-state index in [0.717, 1.165) is 37.4 Å². The number of fused-ring (bicyclic) bond motifs is 1. The predicted octanol–water partition coefficient (Wildman–Crippen LogP) is 3.06. The highest BCUT2D eigenvalue weighted by molar-refractivity contribution is 5.83. The summed E-state index contributed by atoms with van der Waals surface area (Å²) in [6, 6.07) is 16.3. The standard InChI is InChI=1S/C22H25N3O2/c1-27-19-8-6-17(7-9-19)15-25-13-12-24(16-22(25)26)11-10-18-14-23-21-5-3-2-4-20(18)21/h2-9,14,23H,10-13,15-16H2,1H3. The third-order valence-electron chi connectivity index (χ3n) is 5.30. The summed E-state index contributed by atoms with van der Waals surface area (Å²) in [4.78, 5) is 20.1. The van der Waals surface area contributed by atoms with Crippen molar-refractivity contribution in [1.29, 1.82) is 0 Å². The molecule has 1 aliphatic heterocycles. The van der Waals surface area contributed by atoms with Gasteiger partial charge in [-0.1, -0.05) is 30.3 Å². The number of carbonyl (C=O) groups is 1. The van der Waals surface area contributed by atoms with Gasteiger partial charge in [-0.2, -0.15) is 0 Å². The maximum atomic E-state index is 12.6. The number of H-pyrrole nitrogens is 1. The lowest BCUT2D eigenvalue weighted by atomic mass is 10.1. The van der Waals surface area contributed by atoms with E-state index in [2.05, 4.69) is 34.3 Å². The molecule has 1 aliphatic rings. The van der Waals surface area contributed by atoms with Gasteiger partial charge in [-0.3, -0.25) is 9.69 Å². The summed E-state index contributed by atoms with van der Waals surface area (Å²) in [6.45, 7) is 3.77. The van der Waals surface area contributed by atoms with E-state index < -0.39 is 0 Å². The van der Waals surface area contributed by atoms with Crippen molar-refractivity contribution in [1.82, 2.24) is 14.8 Å². The molecule has 5 heteroatoms. The van der Waals surface area contributed by atoms with E-state index >= 15 is 0 Å². The fourth-order valence-electron chi connectivity index (χ4n) is 3.68. The first-order valence-electron chi connectivity index (χ1n) is 9.41. The van der Waals surface area contributed by atoms with E-state index in [-0.39, 0.29) is 5.91 Å². The lowest BCUT2D eigenvalue weighted by Gasteiger charge is -2.34. The Bertz CT molecular complexity index is 917. The van der Waals surface area contributed by atoms with Crippen LogP contribution in [0.15, 0.2) is 54.7 Å². The van der Waals surface area contributed by atoms with Gasteiger partial charge in [0.1, 0.15) is 5.75 Å². The van der Waals surface area contributed by atoms with Crippen molar-refractivity contribution in [2.24, 2.45) is 0 Å². The van der Waals surface area contributed by atoms with Crippen LogP contribution in [0.2, 0.25) is 0 Å². The molecule has 1 aromatic heterocycles. The zero-order valence-corrected chi connectivity index (χ0v) is 15.6. The molecule has 2 heterocycles. The van der Waals surface area contributed by atoms with Gasteiger partial charge in [0.15, 0.2) is 0 Å². The van der Waals surface area contributed by atoms with Gasteiger partial charge in [-0.25, -0.2) is 0 Å². The van der Waals surface area contributed by atoms with E-state index in [1.807, 2.05) is 35.2 Å². The van der Waals surface area contributed by atoms with Crippen LogP contribution in [-0.4, -0.2) is 54.0 Å². The number of ether oxygens (including phenoxy) is 1. The van der Waals surface area contributed by atoms with Crippen molar-refractivity contribution in [2.75, 3.05) is 33.3 Å². The molecule has 1 fully saturated rings. The number of para-hydroxylation sites is 1. The Balaban J connectivity index is 1.31. The Labute approximate surface area is 159 Å². The quantitative estimate of drug-likeness (QED) is 0.732. The van der Waals surface area contributed by atoms with E-state index in [1.165, 1.54) is 16.5 Å². The van der Waals surface area contributed by atoms with E-state index in [4.69, 9.17) is 4.74 Å². The van der Waals surface area contributed by atoms with Crippen LogP contribution >= 0.6 is 0 Å². The second-order valence-corrected chi connectivity index (χ2v) is 7.05. The van der Waals surface area contributed by atoms with Crippen LogP contribution in [0.5, 0.6) is 5.75 Å². The van der Waals surface area contributed by atoms with Gasteiger partial charge >= 0.3 is 0 Å². The Morgan fingerprint density at radius 2 is 1.89 bits per heavy atom. The number of methoxy groups -OCH3 is 1. The average Bonchev–Trinajstić information content (AvgIpc) is 3.12. The molecule has 0 radical (unpaired) electrons. The van der Waals surface area contributed by atoms with Crippen LogP contribution < -0.4 is 4.74 Å². The molecule has 0 saturated carbocycles. The average molecular weight is 363 g/mol. The van der Waals surface area contributed by atoms with Crippen molar-refractivity contribution in [3.05, 3.63) is 65.9 Å². The molecule has 5 nitrogen and oxygen atoms in total. The summed E-state index contributed by atoms with van der Waals surface area (Å²) >= 11 is 0. The van der Waals surface area contributed by atoms with Gasteiger partial charge in [0, 0.05) is 43.3 Å². The Kier molecular flexibility index (Phi) is 5.12. The monoisotopic (exact) mass is 363 g/mol. The first kappa shape index (κ1) is 17.6. The smallest absolute Gasteiger partial charge is 0.237 e. The number of nitrogens with one attached hydrogen (secondary N) is 1. The number of amides is 1. The topological polar surface area (TPSA) is 48.6 Å². The highest BCUT2D eigenvalue weighted by Gasteiger charge is 2.23. The largest absolute Gasteiger partial charge is 0.497 e. The number of rotatable bonds is 6. The fourth-order valence-corrected chi connectivity index (χ4v) is 3.68. The summed E-state index contributed by atoms with van der Waals surface area (Å²) in [5.74, 6) is 1.04. The molecule has 140 valence electrons. The molecule has 1 saturated heterocycles. The van der Waals surface area contributed by atoms with Gasteiger partial charge in [-0.05, 0) is 35.7 Å². The molecule has 0 spiro atoms. The number of carbonyl (C=O) groups excluding carboxylic acids is 1. The third-order valence-corrected chi connectivity index (χ3v) is 5.30. The van der Waals surface area contributed by atoms with Crippen molar-refractivity contribution < 1.29 is 9.53 Å². The molecule has 3 aromatic rings. The van der Waals surface area contributed by atoms with Gasteiger partial charge in [-0.15, -0.1) is 0 Å². The van der Waals surface area contributed by atoms with Crippen LogP contribution in [0.4, 0.5) is 0 Å². The molecular weight excluding hydrogens is 338 g/mol. The number of aromatic nitrogens is 1. The lowest BCUT2D eigenvalue weighted by Crippen LogP contribution is -2.50. The molecule has 2 aromatic carbocycles. The minimum absolute atomic E-state index is 0.205. The van der Waals surface area contributed by atoms with Crippen LogP contribution in [-0.2, 0) is 17.8 Å². The van der Waals surface area contributed by atoms with E-state index in [1.54, 1.807) is 7.11 Å². The molecule has 27 heavy (non-hydrogen) atoms. The second kappa shape index (κ2) is 7.84. The number of benzene rings is 2. The minimum atomic E-state index is 0.205. The molecular formula is C22H25N3O2. The van der Waals surface area contributed by atoms with Gasteiger partial charge in [0.25, 0.3) is 0 Å². The molecule has 1 N–H and O–H groups in total. The Morgan fingerprint density at radius 3 is 2.67 bits per heavy atom. The van der Waals surface area contributed by atoms with Gasteiger partial charge in [0.05, 0.1) is 13.7 Å². The maximum absolute atomic E-state index is 12.6. The van der Waals surface area contributed by atoms with Gasteiger partial charge < -0.3 is 14.6 Å². The van der Waals surface area contributed by atoms with Crippen LogP contribution in [0, 0.1) is 0 Å². The van der Waals surface area contributed by atoms with Crippen LogP contribution in [0.3, 0.4) is 0 Å². The number of nitrogens with zero attached hydrogens (tertiary/aromatic N) is 2. The van der Waals surface area contributed by atoms with Crippen molar-refractivity contribution in [2.45, 2.75) is 13.0 Å². The summed E-state index contributed by atoms with van der Waals surface area (Å²) in [7, 11) is 1.66. The number of piperazine rings is 1. The number of hydrogen-bond donors (Lipinski definition) is 1. The summed E-state index contributed by atoms with van der Waals surface area (Å²) < 4.78 is 5.19. The highest BCUT2D eigenvalue weighted by atomic mass is 16.5. The second-order valence-electron chi connectivity index (χ2n) is 7.05. The van der Waals surface area contributed by atoms with Crippen molar-refractivity contribution in [3.8, 4) is 5.75 Å². The summed E-state index contributed by atoms with van der Waals surface area (Å²) in [5.41, 5.74) is 3.63. The Hall–Kier alpha value is -2.79. The molecule has 1 amide bonds. The number of hydrogen-bond acceptors (Lipinski definition) is 3. The van der Waals surface area contributed by atoms with Crippen LogP contribution in [0.25, 0.3) is 10.9 Å². The summed E-state index contributed by atoms with van der Waals surface area (Å²) in [5, 5.41) is 1.28. The lowest BCUT2D eigenvalue weighted by molar-refractivity contribution is -0.136. The zero-order valence-electron chi connectivity index (χ0n) is 15.6. The van der Waals surface area contributed by atoms with Crippen LogP contribution in [0.1, 0.15) is 11.1 Å². The highest BCUT2D eigenvalue weighted by Crippen LogP contribution is 2.19. The first-order chi connectivity index (χ1) is 13.2. The molecule has 0 unspecified atom stereocenters. The van der Waals surface area contributed by atoms with E-state index in [9.17, 15) is 4.79 Å². The molecule has 0 aliphatic carbocycles. The fraction of sp³-hybridized carbons (Fsp3) is 0.318. The molecule has 0 atom stereocenters. The normalized spacial score (nSPS) is 15.4. The Morgan fingerprint density at radius 1 is 1.07 bits per heavy atom. The van der Waals surface area contributed by atoms with Gasteiger partial charge in [0.2, 0.25) is 5.91 Å². The predicted molar refractivity (Wildman–Crippen MR) is 107 cm³/mol. The maximum Gasteiger partial charge on any atom is 0.237 e. The first-order valence-corrected chi connectivity index (χ1v) is 9.41. The SMILES string of the molecule is COc1ccc(CN2CCN(CCc3c[nH]c4ccccc34)CC2=O)cc1. The van der Waals surface area contributed by atoms with E-state index in [0.29, 0.717) is 13.1 Å². The number of aromatic amines is 1. The third kappa shape index (κ3) is 3.98. The molecule has 4 rings (SSSR count). The van der Waals surface area contributed by atoms with Crippen molar-refractivity contribution >= 4 is 16.8 Å². The minimum Gasteiger partial charge on any atom is -0.497 e. The van der Waals surface area contributed by atoms with Crippen molar-refractivity contribution in [3.63, 3.8) is 0 Å².